The van der Waals surface area contributed by atoms with E-state index in [9.17, 15) is 4.79 Å². The maximum Gasteiger partial charge on any atom is 0.276 e. The van der Waals surface area contributed by atoms with Gasteiger partial charge < -0.3 is 18.8 Å². The van der Waals surface area contributed by atoms with Gasteiger partial charge in [-0.25, -0.2) is 4.98 Å². The molecule has 0 bridgehead atoms. The minimum Gasteiger partial charge on any atom is -0.461 e. The van der Waals surface area contributed by atoms with Crippen LogP contribution < -0.4 is 0 Å². The molecule has 5 rings (SSSR count). The van der Waals surface area contributed by atoms with E-state index < -0.39 is 0 Å². The predicted molar refractivity (Wildman–Crippen MR) is 93.3 cm³/mol. The predicted octanol–water partition coefficient (Wildman–Crippen LogP) is 3.79. The summed E-state index contributed by atoms with van der Waals surface area (Å²) >= 11 is 0. The zero-order valence-electron chi connectivity index (χ0n) is 13.9. The maximum absolute atomic E-state index is 13.0. The molecule has 1 fully saturated rings. The van der Waals surface area contributed by atoms with Crippen LogP contribution in [0.2, 0.25) is 0 Å². The van der Waals surface area contributed by atoms with Gasteiger partial charge in [-0.3, -0.25) is 4.79 Å². The second-order valence-corrected chi connectivity index (χ2v) is 6.35. The zero-order chi connectivity index (χ0) is 17.5. The molecule has 1 atom stereocenters. The van der Waals surface area contributed by atoms with E-state index in [1.54, 1.807) is 24.5 Å². The maximum atomic E-state index is 13.0. The third-order valence-electron chi connectivity index (χ3n) is 4.73. The first-order chi connectivity index (χ1) is 12.8. The van der Waals surface area contributed by atoms with Crippen LogP contribution in [-0.4, -0.2) is 32.5 Å². The number of fused-ring (bicyclic) bond motifs is 1. The van der Waals surface area contributed by atoms with Gasteiger partial charge in [-0.1, -0.05) is 17.3 Å². The summed E-state index contributed by atoms with van der Waals surface area (Å²) < 4.78 is 10.6. The summed E-state index contributed by atoms with van der Waals surface area (Å²) in [5.74, 6) is 1.64. The molecule has 3 aromatic heterocycles. The lowest BCUT2D eigenvalue weighted by Crippen LogP contribution is -2.31. The van der Waals surface area contributed by atoms with Crippen molar-refractivity contribution in [3.05, 3.63) is 60.2 Å². The van der Waals surface area contributed by atoms with Crippen LogP contribution in [0.1, 0.15) is 35.2 Å². The molecule has 0 spiro atoms. The summed E-state index contributed by atoms with van der Waals surface area (Å²) in [6.07, 6.45) is 3.35. The van der Waals surface area contributed by atoms with Crippen molar-refractivity contribution >= 4 is 16.9 Å². The second-order valence-electron chi connectivity index (χ2n) is 6.35. The number of nitrogens with zero attached hydrogens (tertiary/aromatic N) is 3. The Labute approximate surface area is 148 Å². The SMILES string of the molecule is O=C(c1cc(-c2ccco2)on1)N1CCC[C@@H]1c1nc2ccccc2[nH]1. The third-order valence-corrected chi connectivity index (χ3v) is 4.73. The van der Waals surface area contributed by atoms with Crippen LogP contribution in [0.3, 0.4) is 0 Å². The quantitative estimate of drug-likeness (QED) is 0.608. The van der Waals surface area contributed by atoms with Gasteiger partial charge in [0.1, 0.15) is 5.82 Å². The van der Waals surface area contributed by atoms with Crippen LogP contribution >= 0.6 is 0 Å². The highest BCUT2D eigenvalue weighted by Crippen LogP contribution is 2.33. The van der Waals surface area contributed by atoms with E-state index in [0.717, 1.165) is 29.7 Å². The number of hydrogen-bond donors (Lipinski definition) is 1. The van der Waals surface area contributed by atoms with Gasteiger partial charge in [-0.2, -0.15) is 0 Å². The number of furan rings is 1. The molecule has 7 nitrogen and oxygen atoms in total. The molecule has 0 aliphatic carbocycles. The van der Waals surface area contributed by atoms with E-state index in [1.807, 2.05) is 29.2 Å². The normalized spacial score (nSPS) is 17.2. The van der Waals surface area contributed by atoms with Crippen LogP contribution in [0.25, 0.3) is 22.6 Å². The Morgan fingerprint density at radius 3 is 2.96 bits per heavy atom. The van der Waals surface area contributed by atoms with Crippen molar-refractivity contribution in [2.24, 2.45) is 0 Å². The molecule has 1 saturated heterocycles. The number of carbonyl (C=O) groups excluding carboxylic acids is 1. The molecule has 4 heterocycles. The highest BCUT2D eigenvalue weighted by atomic mass is 16.5. The summed E-state index contributed by atoms with van der Waals surface area (Å²) in [6, 6.07) is 12.9. The number of benzene rings is 1. The number of aromatic amines is 1. The van der Waals surface area contributed by atoms with E-state index in [4.69, 9.17) is 8.94 Å². The summed E-state index contributed by atoms with van der Waals surface area (Å²) in [5.41, 5.74) is 2.16. The number of para-hydroxylation sites is 2. The Bertz CT molecular complexity index is 1030. The topological polar surface area (TPSA) is 88.2 Å². The van der Waals surface area contributed by atoms with E-state index in [0.29, 0.717) is 18.1 Å². The van der Waals surface area contributed by atoms with Crippen molar-refractivity contribution in [1.82, 2.24) is 20.0 Å². The van der Waals surface area contributed by atoms with Crippen molar-refractivity contribution in [1.29, 1.82) is 0 Å². The molecule has 7 heteroatoms. The van der Waals surface area contributed by atoms with Crippen molar-refractivity contribution < 1.29 is 13.7 Å². The average molecular weight is 348 g/mol. The molecule has 1 aliphatic rings. The fraction of sp³-hybridized carbons (Fsp3) is 0.211. The number of H-pyrrole nitrogens is 1. The smallest absolute Gasteiger partial charge is 0.276 e. The van der Waals surface area contributed by atoms with Crippen molar-refractivity contribution in [2.45, 2.75) is 18.9 Å². The molecule has 0 radical (unpaired) electrons. The number of hydrogen-bond acceptors (Lipinski definition) is 5. The molecule has 1 N–H and O–H groups in total. The first-order valence-corrected chi connectivity index (χ1v) is 8.56. The summed E-state index contributed by atoms with van der Waals surface area (Å²) in [6.45, 7) is 0.670. The molecule has 1 amide bonds. The van der Waals surface area contributed by atoms with Crippen LogP contribution in [0.15, 0.2) is 57.7 Å². The molecule has 0 saturated carbocycles. The largest absolute Gasteiger partial charge is 0.461 e. The second kappa shape index (κ2) is 5.87. The van der Waals surface area contributed by atoms with Crippen LogP contribution in [0.4, 0.5) is 0 Å². The van der Waals surface area contributed by atoms with E-state index in [-0.39, 0.29) is 17.6 Å². The number of likely N-dealkylation sites (tertiary alicyclic amines) is 1. The molecule has 26 heavy (non-hydrogen) atoms. The monoisotopic (exact) mass is 348 g/mol. The van der Waals surface area contributed by atoms with Gasteiger partial charge >= 0.3 is 0 Å². The minimum absolute atomic E-state index is 0.0846. The van der Waals surface area contributed by atoms with E-state index >= 15 is 0 Å². The van der Waals surface area contributed by atoms with Gasteiger partial charge in [-0.05, 0) is 37.1 Å². The number of carbonyl (C=O) groups is 1. The lowest BCUT2D eigenvalue weighted by Gasteiger charge is -2.21. The van der Waals surface area contributed by atoms with Gasteiger partial charge in [0.15, 0.2) is 11.5 Å². The van der Waals surface area contributed by atoms with Crippen LogP contribution in [0.5, 0.6) is 0 Å². The Balaban J connectivity index is 1.44. The standard InChI is InChI=1S/C19H16N4O3/c24-19(14-11-17(26-22-14)16-8-4-10-25-16)23-9-3-7-15(23)18-20-12-5-1-2-6-13(12)21-18/h1-2,4-6,8,10-11,15H,3,7,9H2,(H,20,21)/t15-/m1/s1. The third kappa shape index (κ3) is 2.40. The lowest BCUT2D eigenvalue weighted by molar-refractivity contribution is 0.0720. The fourth-order valence-corrected chi connectivity index (χ4v) is 3.48. The Morgan fingerprint density at radius 2 is 2.12 bits per heavy atom. The van der Waals surface area contributed by atoms with Crippen LogP contribution in [-0.2, 0) is 0 Å². The number of rotatable bonds is 3. The molecule has 4 aromatic rings. The molecule has 1 aliphatic heterocycles. The Kier molecular flexibility index (Phi) is 3.38. The van der Waals surface area contributed by atoms with E-state index in [2.05, 4.69) is 15.1 Å². The first kappa shape index (κ1) is 14.9. The van der Waals surface area contributed by atoms with Crippen molar-refractivity contribution in [3.63, 3.8) is 0 Å². The highest BCUT2D eigenvalue weighted by molar-refractivity contribution is 5.93. The zero-order valence-corrected chi connectivity index (χ0v) is 13.9. The number of nitrogens with one attached hydrogen (secondary N) is 1. The average Bonchev–Trinajstić information content (AvgIpc) is 3.47. The van der Waals surface area contributed by atoms with Crippen molar-refractivity contribution in [3.8, 4) is 11.5 Å². The number of amides is 1. The molecular weight excluding hydrogens is 332 g/mol. The lowest BCUT2D eigenvalue weighted by atomic mass is 10.2. The fourth-order valence-electron chi connectivity index (χ4n) is 3.48. The minimum atomic E-state index is -0.158. The van der Waals surface area contributed by atoms with E-state index in [1.165, 1.54) is 0 Å². The molecule has 130 valence electrons. The number of aromatic nitrogens is 3. The van der Waals surface area contributed by atoms with Gasteiger partial charge in [0.05, 0.1) is 23.3 Å². The first-order valence-electron chi connectivity index (χ1n) is 8.56. The van der Waals surface area contributed by atoms with Crippen molar-refractivity contribution in [2.75, 3.05) is 6.54 Å². The van der Waals surface area contributed by atoms with Gasteiger partial charge in [0, 0.05) is 12.6 Å². The Hall–Kier alpha value is -3.35. The summed E-state index contributed by atoms with van der Waals surface area (Å²) in [4.78, 5) is 22.8. The van der Waals surface area contributed by atoms with Gasteiger partial charge in [0.25, 0.3) is 5.91 Å². The van der Waals surface area contributed by atoms with Gasteiger partial charge in [0.2, 0.25) is 5.76 Å². The molecular formula is C19H16N4O3. The summed E-state index contributed by atoms with van der Waals surface area (Å²) in [7, 11) is 0. The van der Waals surface area contributed by atoms with Crippen LogP contribution in [0, 0.1) is 0 Å². The summed E-state index contributed by atoms with van der Waals surface area (Å²) in [5, 5.41) is 3.93. The Morgan fingerprint density at radius 1 is 1.19 bits per heavy atom. The number of imidazole rings is 1. The highest BCUT2D eigenvalue weighted by Gasteiger charge is 2.34. The van der Waals surface area contributed by atoms with Gasteiger partial charge in [-0.15, -0.1) is 0 Å². The molecule has 1 aromatic carbocycles. The molecule has 0 unspecified atom stereocenters.